The molecule has 2 N–H and O–H groups in total. The van der Waals surface area contributed by atoms with Gasteiger partial charge in [0.1, 0.15) is 18.4 Å². The van der Waals surface area contributed by atoms with Gasteiger partial charge in [0, 0.05) is 11.8 Å². The molecule has 0 radical (unpaired) electrons. The number of carbonyl (C=O) groups is 1. The largest absolute Gasteiger partial charge is 0.468 e. The summed E-state index contributed by atoms with van der Waals surface area (Å²) in [5.74, 6) is 2.00. The van der Waals surface area contributed by atoms with E-state index in [4.69, 9.17) is 24.9 Å². The summed E-state index contributed by atoms with van der Waals surface area (Å²) in [6, 6.07) is 16.3. The number of aromatic amines is 1. The Labute approximate surface area is 230 Å². The maximum absolute atomic E-state index is 14.1. The standard InChI is InChI=1S/C28H28N3O8P/c1-4-28(16-15-24(38-28)31-18-20(2)25(32)29-27(31)34)19-37-40(35,39-22-13-9-6-10-14-22)30-23(26(33)36-3)17-21-11-7-5-8-12-21/h1,5-16,18,23-24H,17,19H2,2-3H3,(H,30,35)(H,29,32,34)/t23-,24+,28-,40+/m0/s1. The maximum atomic E-state index is 14.1. The third kappa shape index (κ3) is 6.86. The lowest BCUT2D eigenvalue weighted by atomic mass is 10.1. The van der Waals surface area contributed by atoms with Gasteiger partial charge in [-0.15, -0.1) is 6.42 Å². The minimum absolute atomic E-state index is 0.131. The minimum Gasteiger partial charge on any atom is -0.468 e. The van der Waals surface area contributed by atoms with Crippen LogP contribution in [0.2, 0.25) is 0 Å². The van der Waals surface area contributed by atoms with E-state index in [-0.39, 0.29) is 12.2 Å². The van der Waals surface area contributed by atoms with Crippen molar-refractivity contribution in [1.29, 1.82) is 0 Å². The molecule has 0 amide bonds. The second-order valence-corrected chi connectivity index (χ2v) is 10.6. The minimum atomic E-state index is -4.30. The Morgan fingerprint density at radius 2 is 1.88 bits per heavy atom. The van der Waals surface area contributed by atoms with E-state index in [9.17, 15) is 18.9 Å². The lowest BCUT2D eigenvalue weighted by Gasteiger charge is -2.28. The molecule has 1 aliphatic rings. The fraction of sp³-hybridized carbons (Fsp3) is 0.250. The number of para-hydroxylation sites is 1. The molecule has 12 heteroatoms. The summed E-state index contributed by atoms with van der Waals surface area (Å²) in [5, 5.41) is 2.70. The van der Waals surface area contributed by atoms with E-state index in [2.05, 4.69) is 16.0 Å². The molecule has 3 aromatic rings. The number of aryl methyl sites for hydroxylation is 1. The van der Waals surface area contributed by atoms with Crippen LogP contribution >= 0.6 is 7.75 Å². The molecular formula is C28H28N3O8P. The highest BCUT2D eigenvalue weighted by molar-refractivity contribution is 7.52. The number of H-pyrrole nitrogens is 1. The zero-order valence-electron chi connectivity index (χ0n) is 21.8. The third-order valence-electron chi connectivity index (χ3n) is 6.03. The predicted octanol–water partition coefficient (Wildman–Crippen LogP) is 2.88. The smallest absolute Gasteiger partial charge is 0.459 e. The van der Waals surface area contributed by atoms with Crippen LogP contribution in [0, 0.1) is 19.3 Å². The molecular weight excluding hydrogens is 537 g/mol. The zero-order chi connectivity index (χ0) is 28.8. The molecule has 0 bridgehead atoms. The Kier molecular flexibility index (Phi) is 8.87. The first-order chi connectivity index (χ1) is 19.2. The van der Waals surface area contributed by atoms with E-state index in [1.54, 1.807) is 37.3 Å². The number of hydrogen-bond donors (Lipinski definition) is 2. The van der Waals surface area contributed by atoms with Crippen LogP contribution in [0.25, 0.3) is 0 Å². The Morgan fingerprint density at radius 3 is 2.52 bits per heavy atom. The van der Waals surface area contributed by atoms with Crippen LogP contribution in [-0.2, 0) is 29.8 Å². The van der Waals surface area contributed by atoms with E-state index in [0.717, 1.165) is 10.1 Å². The Bertz CT molecular complexity index is 1580. The van der Waals surface area contributed by atoms with Crippen molar-refractivity contribution in [3.8, 4) is 18.1 Å². The van der Waals surface area contributed by atoms with E-state index in [1.165, 1.54) is 25.5 Å². The van der Waals surface area contributed by atoms with Gasteiger partial charge in [0.05, 0.1) is 7.11 Å². The first-order valence-electron chi connectivity index (χ1n) is 12.2. The SMILES string of the molecule is C#C[C@@]1(CO[P@](=O)(N[C@@H](Cc2ccccc2)C(=O)OC)Oc2ccccc2)C=C[C@H](n2cc(C)c(=O)[nH]c2=O)O1. The highest BCUT2D eigenvalue weighted by atomic mass is 31.2. The van der Waals surface area contributed by atoms with Crippen LogP contribution < -0.4 is 20.9 Å². The van der Waals surface area contributed by atoms with Gasteiger partial charge in [-0.1, -0.05) is 54.5 Å². The number of aromatic nitrogens is 2. The molecule has 0 saturated carbocycles. The number of nitrogens with one attached hydrogen (secondary N) is 2. The van der Waals surface area contributed by atoms with Crippen LogP contribution in [0.1, 0.15) is 17.4 Å². The average Bonchev–Trinajstić information content (AvgIpc) is 3.39. The van der Waals surface area contributed by atoms with Crippen molar-refractivity contribution in [3.63, 3.8) is 0 Å². The third-order valence-corrected chi connectivity index (χ3v) is 7.57. The molecule has 2 aromatic carbocycles. The monoisotopic (exact) mass is 565 g/mol. The van der Waals surface area contributed by atoms with Crippen molar-refractivity contribution in [1.82, 2.24) is 14.6 Å². The van der Waals surface area contributed by atoms with Crippen molar-refractivity contribution in [2.45, 2.75) is 31.2 Å². The van der Waals surface area contributed by atoms with Gasteiger partial charge >= 0.3 is 19.4 Å². The van der Waals surface area contributed by atoms with Crippen LogP contribution in [0.3, 0.4) is 0 Å². The van der Waals surface area contributed by atoms with Gasteiger partial charge < -0.3 is 14.0 Å². The second kappa shape index (κ2) is 12.3. The molecule has 208 valence electrons. The topological polar surface area (TPSA) is 138 Å². The first-order valence-corrected chi connectivity index (χ1v) is 13.8. The molecule has 0 saturated heterocycles. The molecule has 40 heavy (non-hydrogen) atoms. The van der Waals surface area contributed by atoms with E-state index in [1.807, 2.05) is 30.3 Å². The average molecular weight is 566 g/mol. The molecule has 0 aliphatic carbocycles. The quantitative estimate of drug-likeness (QED) is 0.156. The van der Waals surface area contributed by atoms with Crippen molar-refractivity contribution in [2.24, 2.45) is 0 Å². The van der Waals surface area contributed by atoms with E-state index >= 15 is 0 Å². The molecule has 4 rings (SSSR count). The Morgan fingerprint density at radius 1 is 1.20 bits per heavy atom. The van der Waals surface area contributed by atoms with Crippen LogP contribution in [-0.4, -0.2) is 40.9 Å². The summed E-state index contributed by atoms with van der Waals surface area (Å²) >= 11 is 0. The molecule has 0 fully saturated rings. The van der Waals surface area contributed by atoms with Gasteiger partial charge in [0.25, 0.3) is 5.56 Å². The predicted molar refractivity (Wildman–Crippen MR) is 147 cm³/mol. The van der Waals surface area contributed by atoms with Gasteiger partial charge in [0.2, 0.25) is 0 Å². The molecule has 11 nitrogen and oxygen atoms in total. The fourth-order valence-electron chi connectivity index (χ4n) is 3.92. The molecule has 4 atom stereocenters. The van der Waals surface area contributed by atoms with Gasteiger partial charge in [0.15, 0.2) is 11.8 Å². The summed E-state index contributed by atoms with van der Waals surface area (Å²) in [6.45, 7) is 1.07. The summed E-state index contributed by atoms with van der Waals surface area (Å²) in [6.07, 6.45) is 9.30. The highest BCUT2D eigenvalue weighted by Gasteiger charge is 2.41. The number of benzene rings is 2. The lowest BCUT2D eigenvalue weighted by Crippen LogP contribution is -2.41. The number of rotatable bonds is 11. The number of methoxy groups -OCH3 is 1. The van der Waals surface area contributed by atoms with E-state index < -0.39 is 49.4 Å². The molecule has 2 heterocycles. The number of nitrogens with zero attached hydrogens (tertiary/aromatic N) is 1. The molecule has 1 aliphatic heterocycles. The summed E-state index contributed by atoms with van der Waals surface area (Å²) in [4.78, 5) is 39.0. The van der Waals surface area contributed by atoms with Crippen LogP contribution in [0.15, 0.2) is 88.6 Å². The first kappa shape index (κ1) is 28.8. The highest BCUT2D eigenvalue weighted by Crippen LogP contribution is 2.47. The van der Waals surface area contributed by atoms with Crippen molar-refractivity contribution in [2.75, 3.05) is 13.7 Å². The molecule has 0 unspecified atom stereocenters. The summed E-state index contributed by atoms with van der Waals surface area (Å²) in [5.41, 5.74) is -1.69. The molecule has 0 spiro atoms. The maximum Gasteiger partial charge on any atom is 0.459 e. The van der Waals surface area contributed by atoms with Gasteiger partial charge in [-0.2, -0.15) is 5.09 Å². The lowest BCUT2D eigenvalue weighted by molar-refractivity contribution is -0.142. The Balaban J connectivity index is 1.58. The number of carbonyl (C=O) groups excluding carboxylic acids is 1. The summed E-state index contributed by atoms with van der Waals surface area (Å²) < 4.78 is 37.7. The zero-order valence-corrected chi connectivity index (χ0v) is 22.7. The number of terminal acetylenes is 1. The summed E-state index contributed by atoms with van der Waals surface area (Å²) in [7, 11) is -3.08. The number of esters is 1. The van der Waals surface area contributed by atoms with Gasteiger partial charge in [-0.25, -0.2) is 9.36 Å². The van der Waals surface area contributed by atoms with Crippen LogP contribution in [0.5, 0.6) is 5.75 Å². The van der Waals surface area contributed by atoms with Gasteiger partial charge in [-0.3, -0.25) is 23.7 Å². The van der Waals surface area contributed by atoms with Crippen LogP contribution in [0.4, 0.5) is 0 Å². The second-order valence-electron chi connectivity index (χ2n) is 8.95. The van der Waals surface area contributed by atoms with E-state index in [0.29, 0.717) is 5.56 Å². The molecule has 1 aromatic heterocycles. The fourth-order valence-corrected chi connectivity index (χ4v) is 5.44. The van der Waals surface area contributed by atoms with Crippen molar-refractivity contribution in [3.05, 3.63) is 111 Å². The van der Waals surface area contributed by atoms with Gasteiger partial charge in [-0.05, 0) is 43.2 Å². The van der Waals surface area contributed by atoms with Crippen molar-refractivity contribution < 1.29 is 27.9 Å². The number of hydrogen-bond acceptors (Lipinski definition) is 8. The van der Waals surface area contributed by atoms with Crippen molar-refractivity contribution >= 4 is 13.7 Å². The Hall–Kier alpha value is -4.20. The number of ether oxygens (including phenoxy) is 2. The normalized spacial score (nSPS) is 20.3.